The van der Waals surface area contributed by atoms with E-state index in [9.17, 15) is 14.0 Å². The van der Waals surface area contributed by atoms with Crippen molar-refractivity contribution >= 4 is 17.5 Å². The number of hydrogen-bond acceptors (Lipinski definition) is 3. The Hall–Kier alpha value is -2.89. The lowest BCUT2D eigenvalue weighted by Gasteiger charge is -2.28. The molecule has 1 atom stereocenters. The van der Waals surface area contributed by atoms with Crippen LogP contribution in [-0.2, 0) is 4.79 Å². The largest absolute Gasteiger partial charge is 0.484 e. The molecule has 1 fully saturated rings. The molecule has 2 N–H and O–H groups in total. The molecule has 0 aromatic heterocycles. The predicted molar refractivity (Wildman–Crippen MR) is 120 cm³/mol. The zero-order valence-corrected chi connectivity index (χ0v) is 18.4. The molecule has 0 saturated heterocycles. The van der Waals surface area contributed by atoms with Gasteiger partial charge in [-0.2, -0.15) is 0 Å². The highest BCUT2D eigenvalue weighted by Gasteiger charge is 2.24. The van der Waals surface area contributed by atoms with Gasteiger partial charge in [0.2, 0.25) is 5.91 Å². The maximum Gasteiger partial charge on any atom is 0.251 e. The fourth-order valence-electron chi connectivity index (χ4n) is 4.07. The van der Waals surface area contributed by atoms with Crippen molar-refractivity contribution in [3.8, 4) is 5.75 Å². The number of anilines is 1. The SMILES string of the molecule is CCC1CCC(NC(=O)c2cc(F)c(NC(C)=O)c(OC(C)c3ccccc3)c2)CC1. The molecule has 1 aliphatic carbocycles. The smallest absolute Gasteiger partial charge is 0.251 e. The van der Waals surface area contributed by atoms with Crippen LogP contribution in [0.2, 0.25) is 0 Å². The summed E-state index contributed by atoms with van der Waals surface area (Å²) in [6, 6.07) is 12.2. The molecule has 2 aromatic rings. The molecule has 1 unspecified atom stereocenters. The van der Waals surface area contributed by atoms with Crippen LogP contribution in [0.25, 0.3) is 0 Å². The van der Waals surface area contributed by atoms with Crippen molar-refractivity contribution < 1.29 is 18.7 Å². The summed E-state index contributed by atoms with van der Waals surface area (Å²) in [6.07, 6.45) is 4.84. The van der Waals surface area contributed by atoms with Gasteiger partial charge in [-0.1, -0.05) is 43.7 Å². The summed E-state index contributed by atoms with van der Waals surface area (Å²) in [4.78, 5) is 24.4. The topological polar surface area (TPSA) is 67.4 Å². The van der Waals surface area contributed by atoms with Crippen LogP contribution in [0.3, 0.4) is 0 Å². The molecule has 2 aromatic carbocycles. The van der Waals surface area contributed by atoms with Crippen molar-refractivity contribution in [1.29, 1.82) is 0 Å². The van der Waals surface area contributed by atoms with Crippen LogP contribution < -0.4 is 15.4 Å². The van der Waals surface area contributed by atoms with Gasteiger partial charge >= 0.3 is 0 Å². The van der Waals surface area contributed by atoms with E-state index in [1.165, 1.54) is 13.0 Å². The molecule has 6 heteroatoms. The van der Waals surface area contributed by atoms with Crippen LogP contribution in [0.4, 0.5) is 10.1 Å². The number of amides is 2. The van der Waals surface area contributed by atoms with E-state index in [0.29, 0.717) is 0 Å². The van der Waals surface area contributed by atoms with Crippen molar-refractivity contribution in [2.24, 2.45) is 5.92 Å². The average Bonchev–Trinajstić information content (AvgIpc) is 2.76. The van der Waals surface area contributed by atoms with Gasteiger partial charge in [-0.25, -0.2) is 4.39 Å². The minimum absolute atomic E-state index is 0.0599. The Morgan fingerprint density at radius 2 is 1.81 bits per heavy atom. The zero-order chi connectivity index (χ0) is 22.4. The third-order valence-electron chi connectivity index (χ3n) is 5.95. The standard InChI is InChI=1S/C25H31FN2O3/c1-4-18-10-12-21(13-11-18)28-25(30)20-14-22(26)24(27-17(3)29)23(15-20)31-16(2)19-8-6-5-7-9-19/h5-9,14-16,18,21H,4,10-13H2,1-3H3,(H,27,29)(H,28,30). The van der Waals surface area contributed by atoms with Crippen LogP contribution in [-0.4, -0.2) is 17.9 Å². The van der Waals surface area contributed by atoms with Crippen LogP contribution in [0.15, 0.2) is 42.5 Å². The van der Waals surface area contributed by atoms with E-state index in [-0.39, 0.29) is 28.9 Å². The lowest BCUT2D eigenvalue weighted by atomic mass is 9.84. The van der Waals surface area contributed by atoms with E-state index in [2.05, 4.69) is 17.6 Å². The van der Waals surface area contributed by atoms with Gasteiger partial charge in [-0.3, -0.25) is 9.59 Å². The first-order chi connectivity index (χ1) is 14.9. The summed E-state index contributed by atoms with van der Waals surface area (Å²) >= 11 is 0. The third kappa shape index (κ3) is 6.06. The van der Waals surface area contributed by atoms with Crippen LogP contribution in [0.5, 0.6) is 5.75 Å². The van der Waals surface area contributed by atoms with Crippen LogP contribution in [0, 0.1) is 11.7 Å². The Labute approximate surface area is 183 Å². The number of carbonyl (C=O) groups is 2. The van der Waals surface area contributed by atoms with Crippen LogP contribution in [0.1, 0.15) is 74.9 Å². The maximum atomic E-state index is 14.9. The minimum atomic E-state index is -0.701. The van der Waals surface area contributed by atoms with Crippen molar-refractivity contribution in [1.82, 2.24) is 5.32 Å². The van der Waals surface area contributed by atoms with Crippen molar-refractivity contribution in [2.75, 3.05) is 5.32 Å². The van der Waals surface area contributed by atoms with E-state index in [4.69, 9.17) is 4.74 Å². The molecule has 31 heavy (non-hydrogen) atoms. The Balaban J connectivity index is 1.81. The summed E-state index contributed by atoms with van der Waals surface area (Å²) in [5.74, 6) is -0.590. The molecule has 1 aliphatic rings. The first-order valence-corrected chi connectivity index (χ1v) is 11.0. The number of benzene rings is 2. The molecular weight excluding hydrogens is 395 g/mol. The van der Waals surface area contributed by atoms with E-state index >= 15 is 0 Å². The highest BCUT2D eigenvalue weighted by Crippen LogP contribution is 2.33. The first kappa shape index (κ1) is 22.8. The van der Waals surface area contributed by atoms with Gasteiger partial charge in [0.15, 0.2) is 5.82 Å². The summed E-state index contributed by atoms with van der Waals surface area (Å²) in [5, 5.41) is 5.52. The lowest BCUT2D eigenvalue weighted by molar-refractivity contribution is -0.114. The van der Waals surface area contributed by atoms with E-state index in [1.807, 2.05) is 37.3 Å². The van der Waals surface area contributed by atoms with Crippen molar-refractivity contribution in [3.63, 3.8) is 0 Å². The van der Waals surface area contributed by atoms with Gasteiger partial charge in [0.25, 0.3) is 5.91 Å². The number of nitrogens with one attached hydrogen (secondary N) is 2. The zero-order valence-electron chi connectivity index (χ0n) is 18.4. The second-order valence-electron chi connectivity index (χ2n) is 8.28. The molecule has 0 spiro atoms. The molecule has 0 bridgehead atoms. The molecular formula is C25H31FN2O3. The van der Waals surface area contributed by atoms with Gasteiger partial charge in [0.05, 0.1) is 0 Å². The fourth-order valence-corrected chi connectivity index (χ4v) is 4.07. The number of carbonyl (C=O) groups excluding carboxylic acids is 2. The Morgan fingerprint density at radius 3 is 2.42 bits per heavy atom. The molecule has 2 amide bonds. The summed E-state index contributed by atoms with van der Waals surface area (Å²) in [5.41, 5.74) is 1.02. The Morgan fingerprint density at radius 1 is 1.13 bits per heavy atom. The Bertz CT molecular complexity index is 908. The van der Waals surface area contributed by atoms with Gasteiger partial charge in [0, 0.05) is 18.5 Å². The lowest BCUT2D eigenvalue weighted by Crippen LogP contribution is -2.37. The average molecular weight is 427 g/mol. The molecule has 3 rings (SSSR count). The molecule has 0 radical (unpaired) electrons. The fraction of sp³-hybridized carbons (Fsp3) is 0.440. The highest BCUT2D eigenvalue weighted by atomic mass is 19.1. The molecule has 1 saturated carbocycles. The van der Waals surface area contributed by atoms with Gasteiger partial charge < -0.3 is 15.4 Å². The summed E-state index contributed by atoms with van der Waals surface area (Å²) < 4.78 is 20.9. The van der Waals surface area contributed by atoms with Gasteiger partial charge in [-0.15, -0.1) is 0 Å². The van der Waals surface area contributed by atoms with E-state index in [0.717, 1.165) is 49.7 Å². The third-order valence-corrected chi connectivity index (χ3v) is 5.95. The molecule has 0 heterocycles. The second-order valence-corrected chi connectivity index (χ2v) is 8.28. The van der Waals surface area contributed by atoms with Gasteiger partial charge in [0.1, 0.15) is 17.5 Å². The molecule has 0 aliphatic heterocycles. The maximum absolute atomic E-state index is 14.9. The normalized spacial score (nSPS) is 19.4. The first-order valence-electron chi connectivity index (χ1n) is 11.0. The highest BCUT2D eigenvalue weighted by molar-refractivity contribution is 5.97. The number of halogens is 1. The summed E-state index contributed by atoms with van der Waals surface area (Å²) in [6.45, 7) is 5.34. The summed E-state index contributed by atoms with van der Waals surface area (Å²) in [7, 11) is 0. The second kappa shape index (κ2) is 10.4. The van der Waals surface area contributed by atoms with Crippen LogP contribution >= 0.6 is 0 Å². The minimum Gasteiger partial charge on any atom is -0.484 e. The number of ether oxygens (including phenoxy) is 1. The van der Waals surface area contributed by atoms with E-state index in [1.54, 1.807) is 0 Å². The number of rotatable bonds is 7. The monoisotopic (exact) mass is 426 g/mol. The van der Waals surface area contributed by atoms with E-state index < -0.39 is 17.8 Å². The van der Waals surface area contributed by atoms with Crippen molar-refractivity contribution in [2.45, 2.75) is 65.0 Å². The molecule has 166 valence electrons. The quantitative estimate of drug-likeness (QED) is 0.604. The molecule has 5 nitrogen and oxygen atoms in total. The number of hydrogen-bond donors (Lipinski definition) is 2. The van der Waals surface area contributed by atoms with Gasteiger partial charge in [-0.05, 0) is 56.2 Å². The Kier molecular flexibility index (Phi) is 7.66. The predicted octanol–water partition coefficient (Wildman–Crippen LogP) is 5.62. The van der Waals surface area contributed by atoms with Crippen molar-refractivity contribution in [3.05, 3.63) is 59.4 Å².